The fourth-order valence-corrected chi connectivity index (χ4v) is 2.04. The molecule has 0 aliphatic heterocycles. The summed E-state index contributed by atoms with van der Waals surface area (Å²) in [7, 11) is 0. The van der Waals surface area contributed by atoms with E-state index >= 15 is 0 Å². The van der Waals surface area contributed by atoms with Gasteiger partial charge >= 0.3 is 11.9 Å². The van der Waals surface area contributed by atoms with Gasteiger partial charge in [-0.15, -0.1) is 11.3 Å². The van der Waals surface area contributed by atoms with Crippen LogP contribution in [-0.2, 0) is 6.18 Å². The number of alkyl halides is 3. The van der Waals surface area contributed by atoms with Crippen molar-refractivity contribution in [1.82, 2.24) is 9.97 Å². The average molecular weight is 271 g/mol. The lowest BCUT2D eigenvalue weighted by Gasteiger charge is -2.06. The third-order valence-electron chi connectivity index (χ3n) is 2.02. The minimum atomic E-state index is -4.65. The van der Waals surface area contributed by atoms with Crippen molar-refractivity contribution in [3.63, 3.8) is 0 Å². The molecule has 0 fully saturated rings. The SMILES string of the molecule is N#Cc1ccc(-c2cc(C(F)(F)F)[nH]c(=O)n2)s1. The first-order valence-electron chi connectivity index (χ1n) is 4.59. The quantitative estimate of drug-likeness (QED) is 0.865. The molecule has 0 unspecified atom stereocenters. The Hall–Kier alpha value is -2.14. The van der Waals surface area contributed by atoms with Crippen molar-refractivity contribution in [3.8, 4) is 16.6 Å². The fraction of sp³-hybridized carbons (Fsp3) is 0.100. The minimum Gasteiger partial charge on any atom is -0.302 e. The van der Waals surface area contributed by atoms with Gasteiger partial charge in [0.15, 0.2) is 0 Å². The van der Waals surface area contributed by atoms with E-state index in [2.05, 4.69) is 4.98 Å². The van der Waals surface area contributed by atoms with Crippen LogP contribution in [0.4, 0.5) is 13.2 Å². The molecular formula is C10H4F3N3OS. The summed E-state index contributed by atoms with van der Waals surface area (Å²) < 4.78 is 37.5. The highest BCUT2D eigenvalue weighted by molar-refractivity contribution is 7.15. The Kier molecular flexibility index (Phi) is 2.92. The maximum atomic E-state index is 12.5. The molecule has 0 aromatic carbocycles. The standard InChI is InChI=1S/C10H4F3N3OS/c11-10(12,13)8-3-6(15-9(17)16-8)7-2-1-5(4-14)18-7/h1-3H,(H,15,16,17). The Bertz CT molecular complexity index is 681. The van der Waals surface area contributed by atoms with E-state index in [4.69, 9.17) is 5.26 Å². The van der Waals surface area contributed by atoms with Crippen molar-refractivity contribution >= 4 is 11.3 Å². The van der Waals surface area contributed by atoms with Crippen LogP contribution in [0, 0.1) is 11.3 Å². The molecule has 92 valence electrons. The van der Waals surface area contributed by atoms with Crippen molar-refractivity contribution in [2.45, 2.75) is 6.18 Å². The summed E-state index contributed by atoms with van der Waals surface area (Å²) in [4.78, 5) is 16.8. The van der Waals surface area contributed by atoms with Crippen LogP contribution >= 0.6 is 11.3 Å². The molecule has 4 nitrogen and oxygen atoms in total. The fourth-order valence-electron chi connectivity index (χ4n) is 1.27. The summed E-state index contributed by atoms with van der Waals surface area (Å²) in [5.74, 6) is 0. The zero-order chi connectivity index (χ0) is 13.3. The van der Waals surface area contributed by atoms with Crippen LogP contribution in [0.5, 0.6) is 0 Å². The van der Waals surface area contributed by atoms with Crippen molar-refractivity contribution in [2.24, 2.45) is 0 Å². The van der Waals surface area contributed by atoms with Gasteiger partial charge in [0.25, 0.3) is 0 Å². The number of hydrogen-bond acceptors (Lipinski definition) is 4. The molecule has 0 saturated heterocycles. The number of H-pyrrole nitrogens is 1. The molecule has 0 saturated carbocycles. The van der Waals surface area contributed by atoms with E-state index in [1.165, 1.54) is 12.1 Å². The van der Waals surface area contributed by atoms with E-state index in [-0.39, 0.29) is 5.69 Å². The van der Waals surface area contributed by atoms with Gasteiger partial charge in [-0.25, -0.2) is 4.79 Å². The molecule has 0 atom stereocenters. The van der Waals surface area contributed by atoms with Gasteiger partial charge in [-0.3, -0.25) is 0 Å². The normalized spacial score (nSPS) is 11.2. The summed E-state index contributed by atoms with van der Waals surface area (Å²) in [6, 6.07) is 5.51. The first-order chi connectivity index (χ1) is 8.40. The Morgan fingerprint density at radius 1 is 1.39 bits per heavy atom. The first kappa shape index (κ1) is 12.3. The second kappa shape index (κ2) is 4.27. The van der Waals surface area contributed by atoms with Crippen molar-refractivity contribution in [1.29, 1.82) is 5.26 Å². The number of nitrogens with one attached hydrogen (secondary N) is 1. The second-order valence-electron chi connectivity index (χ2n) is 3.26. The molecule has 0 amide bonds. The zero-order valence-corrected chi connectivity index (χ0v) is 9.39. The first-order valence-corrected chi connectivity index (χ1v) is 5.40. The van der Waals surface area contributed by atoms with Crippen LogP contribution < -0.4 is 5.69 Å². The monoisotopic (exact) mass is 271 g/mol. The van der Waals surface area contributed by atoms with Crippen LogP contribution in [-0.4, -0.2) is 9.97 Å². The van der Waals surface area contributed by atoms with E-state index in [9.17, 15) is 18.0 Å². The second-order valence-corrected chi connectivity index (χ2v) is 4.34. The molecule has 8 heteroatoms. The maximum Gasteiger partial charge on any atom is 0.431 e. The Labute approximate surface area is 102 Å². The Balaban J connectivity index is 2.56. The van der Waals surface area contributed by atoms with Gasteiger partial charge in [-0.1, -0.05) is 0 Å². The lowest BCUT2D eigenvalue weighted by molar-refractivity contribution is -0.141. The summed E-state index contributed by atoms with van der Waals surface area (Å²) in [6.45, 7) is 0. The van der Waals surface area contributed by atoms with Crippen LogP contribution in [0.25, 0.3) is 10.6 Å². The van der Waals surface area contributed by atoms with Gasteiger partial charge in [-0.05, 0) is 18.2 Å². The van der Waals surface area contributed by atoms with Gasteiger partial charge in [-0.2, -0.15) is 23.4 Å². The van der Waals surface area contributed by atoms with Gasteiger partial charge in [0.1, 0.15) is 16.6 Å². The summed E-state index contributed by atoms with van der Waals surface area (Å²) >= 11 is 0.970. The highest BCUT2D eigenvalue weighted by Gasteiger charge is 2.32. The van der Waals surface area contributed by atoms with Crippen LogP contribution in [0.2, 0.25) is 0 Å². The number of halogens is 3. The molecular weight excluding hydrogens is 267 g/mol. The predicted octanol–water partition coefficient (Wildman–Crippen LogP) is 2.39. The molecule has 2 aromatic heterocycles. The number of aromatic amines is 1. The van der Waals surface area contributed by atoms with Crippen LogP contribution in [0.3, 0.4) is 0 Å². The largest absolute Gasteiger partial charge is 0.431 e. The lowest BCUT2D eigenvalue weighted by atomic mass is 10.3. The van der Waals surface area contributed by atoms with Crippen molar-refractivity contribution in [3.05, 3.63) is 39.3 Å². The third-order valence-corrected chi connectivity index (χ3v) is 3.03. The third kappa shape index (κ3) is 2.41. The van der Waals surface area contributed by atoms with Gasteiger partial charge in [0, 0.05) is 0 Å². The number of nitrogens with zero attached hydrogens (tertiary/aromatic N) is 2. The number of rotatable bonds is 1. The summed E-state index contributed by atoms with van der Waals surface area (Å²) in [6.07, 6.45) is -4.65. The lowest BCUT2D eigenvalue weighted by Crippen LogP contribution is -2.19. The molecule has 0 spiro atoms. The molecule has 2 rings (SSSR count). The number of aromatic nitrogens is 2. The summed E-state index contributed by atoms with van der Waals surface area (Å²) in [5.41, 5.74) is -2.34. The number of thiophene rings is 1. The molecule has 0 aliphatic rings. The Morgan fingerprint density at radius 2 is 2.11 bits per heavy atom. The highest BCUT2D eigenvalue weighted by Crippen LogP contribution is 2.31. The van der Waals surface area contributed by atoms with Crippen molar-refractivity contribution in [2.75, 3.05) is 0 Å². The number of nitriles is 1. The number of hydrogen-bond donors (Lipinski definition) is 1. The van der Waals surface area contributed by atoms with Gasteiger partial charge in [0.05, 0.1) is 10.6 Å². The van der Waals surface area contributed by atoms with Crippen molar-refractivity contribution < 1.29 is 13.2 Å². The highest BCUT2D eigenvalue weighted by atomic mass is 32.1. The average Bonchev–Trinajstić information content (AvgIpc) is 2.75. The predicted molar refractivity (Wildman–Crippen MR) is 57.9 cm³/mol. The topological polar surface area (TPSA) is 69.5 Å². The maximum absolute atomic E-state index is 12.5. The van der Waals surface area contributed by atoms with Crippen LogP contribution in [0.15, 0.2) is 23.0 Å². The molecule has 0 radical (unpaired) electrons. The van der Waals surface area contributed by atoms with E-state index in [0.29, 0.717) is 9.75 Å². The molecule has 1 N–H and O–H groups in total. The van der Waals surface area contributed by atoms with E-state index in [0.717, 1.165) is 17.4 Å². The van der Waals surface area contributed by atoms with Gasteiger partial charge < -0.3 is 4.98 Å². The Morgan fingerprint density at radius 3 is 2.67 bits per heavy atom. The van der Waals surface area contributed by atoms with E-state index in [1.54, 1.807) is 4.98 Å². The molecule has 0 aliphatic carbocycles. The minimum absolute atomic E-state index is 0.0995. The molecule has 18 heavy (non-hydrogen) atoms. The molecule has 2 heterocycles. The van der Waals surface area contributed by atoms with E-state index < -0.39 is 17.6 Å². The zero-order valence-electron chi connectivity index (χ0n) is 8.58. The summed E-state index contributed by atoms with van der Waals surface area (Å²) in [5, 5.41) is 8.63. The molecule has 0 bridgehead atoms. The van der Waals surface area contributed by atoms with Gasteiger partial charge in [0.2, 0.25) is 0 Å². The molecule has 2 aromatic rings. The smallest absolute Gasteiger partial charge is 0.302 e. The van der Waals surface area contributed by atoms with Crippen LogP contribution in [0.1, 0.15) is 10.6 Å². The van der Waals surface area contributed by atoms with E-state index in [1.807, 2.05) is 6.07 Å².